The van der Waals surface area contributed by atoms with Crippen molar-refractivity contribution in [3.8, 4) is 11.3 Å². The first-order valence-corrected chi connectivity index (χ1v) is 12.7. The van der Waals surface area contributed by atoms with Gasteiger partial charge < -0.3 is 10.2 Å². The predicted octanol–water partition coefficient (Wildman–Crippen LogP) is 6.61. The molecule has 2 aromatic carbocycles. The van der Waals surface area contributed by atoms with Crippen LogP contribution in [0.15, 0.2) is 60.8 Å². The summed E-state index contributed by atoms with van der Waals surface area (Å²) in [6.07, 6.45) is -6.80. The highest BCUT2D eigenvalue weighted by atomic mass is 19.4. The van der Waals surface area contributed by atoms with Gasteiger partial charge in [-0.05, 0) is 75.1 Å². The first-order valence-electron chi connectivity index (χ1n) is 12.7. The van der Waals surface area contributed by atoms with E-state index in [0.717, 1.165) is 50.8 Å². The van der Waals surface area contributed by atoms with E-state index in [-0.39, 0.29) is 11.3 Å². The highest BCUT2D eigenvalue weighted by molar-refractivity contribution is 5.93. The number of rotatable bonds is 5. The van der Waals surface area contributed by atoms with E-state index in [4.69, 9.17) is 0 Å². The summed E-state index contributed by atoms with van der Waals surface area (Å²) in [5.41, 5.74) is -0.851. The molecule has 5 rings (SSSR count). The molecule has 1 aliphatic rings. The molecule has 12 heteroatoms. The predicted molar refractivity (Wildman–Crippen MR) is 140 cm³/mol. The second kappa shape index (κ2) is 11.0. The highest BCUT2D eigenvalue weighted by Gasteiger charge is 2.34. The van der Waals surface area contributed by atoms with Gasteiger partial charge in [-0.15, -0.1) is 0 Å². The molecule has 0 aliphatic carbocycles. The van der Waals surface area contributed by atoms with Crippen LogP contribution in [-0.4, -0.2) is 58.0 Å². The fourth-order valence-electron chi connectivity index (χ4n) is 4.69. The van der Waals surface area contributed by atoms with Crippen molar-refractivity contribution in [1.29, 1.82) is 0 Å². The minimum Gasteiger partial charge on any atom is -0.340 e. The van der Waals surface area contributed by atoms with Crippen molar-refractivity contribution in [2.45, 2.75) is 25.3 Å². The number of hydrogen-bond acceptors (Lipinski definition) is 6. The quantitative estimate of drug-likeness (QED) is 0.277. The molecule has 0 unspecified atom stereocenters. The van der Waals surface area contributed by atoms with Gasteiger partial charge in [0.25, 0.3) is 0 Å². The summed E-state index contributed by atoms with van der Waals surface area (Å²) in [6, 6.07) is 11.4. The Morgan fingerprint density at radius 3 is 2.35 bits per heavy atom. The summed E-state index contributed by atoms with van der Waals surface area (Å²) < 4.78 is 80.2. The second-order valence-corrected chi connectivity index (χ2v) is 9.75. The molecule has 1 aliphatic heterocycles. The SMILES string of the molecule is CN1CCCN(Cc2nc(Nc3ccc(C(F)(F)F)cc3)c3ccc(-c4ncccc4C(F)(F)F)cc3n2)CC1. The molecule has 0 bridgehead atoms. The van der Waals surface area contributed by atoms with Gasteiger partial charge in [0.1, 0.15) is 11.6 Å². The molecule has 0 saturated carbocycles. The molecule has 6 nitrogen and oxygen atoms in total. The molecule has 40 heavy (non-hydrogen) atoms. The number of pyridine rings is 1. The maximum atomic E-state index is 13.7. The van der Waals surface area contributed by atoms with Gasteiger partial charge in [0.2, 0.25) is 0 Å². The van der Waals surface area contributed by atoms with E-state index in [1.165, 1.54) is 36.5 Å². The summed E-state index contributed by atoms with van der Waals surface area (Å²) in [4.78, 5) is 17.8. The molecule has 1 saturated heterocycles. The van der Waals surface area contributed by atoms with Gasteiger partial charge in [-0.2, -0.15) is 26.3 Å². The number of benzene rings is 2. The summed E-state index contributed by atoms with van der Waals surface area (Å²) >= 11 is 0. The van der Waals surface area contributed by atoms with Crippen molar-refractivity contribution in [3.05, 3.63) is 77.7 Å². The van der Waals surface area contributed by atoms with Crippen LogP contribution < -0.4 is 5.32 Å². The number of aromatic nitrogens is 3. The molecule has 0 atom stereocenters. The lowest BCUT2D eigenvalue weighted by molar-refractivity contribution is -0.138. The first kappa shape index (κ1) is 27.8. The zero-order chi connectivity index (χ0) is 28.5. The van der Waals surface area contributed by atoms with Gasteiger partial charge >= 0.3 is 12.4 Å². The van der Waals surface area contributed by atoms with E-state index in [1.807, 2.05) is 0 Å². The lowest BCUT2D eigenvalue weighted by atomic mass is 10.0. The first-order chi connectivity index (χ1) is 19.0. The van der Waals surface area contributed by atoms with Gasteiger partial charge in [0, 0.05) is 35.9 Å². The Kier molecular flexibility index (Phi) is 7.65. The van der Waals surface area contributed by atoms with Crippen LogP contribution in [0.4, 0.5) is 37.8 Å². The Hall–Kier alpha value is -3.77. The normalized spacial score (nSPS) is 15.8. The number of halogens is 6. The second-order valence-electron chi connectivity index (χ2n) is 9.75. The number of hydrogen-bond donors (Lipinski definition) is 1. The van der Waals surface area contributed by atoms with Crippen LogP contribution in [0.3, 0.4) is 0 Å². The Bertz CT molecular complexity index is 1490. The maximum absolute atomic E-state index is 13.7. The van der Waals surface area contributed by atoms with E-state index >= 15 is 0 Å². The van der Waals surface area contributed by atoms with E-state index in [9.17, 15) is 26.3 Å². The van der Waals surface area contributed by atoms with Crippen molar-refractivity contribution in [2.75, 3.05) is 38.5 Å². The van der Waals surface area contributed by atoms with Crippen LogP contribution in [0, 0.1) is 0 Å². The van der Waals surface area contributed by atoms with Crippen LogP contribution in [0.25, 0.3) is 22.2 Å². The third-order valence-electron chi connectivity index (χ3n) is 6.78. The van der Waals surface area contributed by atoms with Crippen LogP contribution in [-0.2, 0) is 18.9 Å². The van der Waals surface area contributed by atoms with Crippen molar-refractivity contribution in [2.24, 2.45) is 0 Å². The Morgan fingerprint density at radius 1 is 0.850 bits per heavy atom. The Balaban J connectivity index is 1.56. The van der Waals surface area contributed by atoms with Gasteiger partial charge in [-0.3, -0.25) is 9.88 Å². The molecular weight excluding hydrogens is 534 g/mol. The third-order valence-corrected chi connectivity index (χ3v) is 6.78. The minimum atomic E-state index is -4.59. The van der Waals surface area contributed by atoms with Crippen LogP contribution >= 0.6 is 0 Å². The monoisotopic (exact) mass is 560 g/mol. The average molecular weight is 561 g/mol. The minimum absolute atomic E-state index is 0.218. The number of alkyl halides is 6. The fourth-order valence-corrected chi connectivity index (χ4v) is 4.69. The average Bonchev–Trinajstić information content (AvgIpc) is 3.11. The number of likely N-dealkylation sites (N-methyl/N-ethyl adjacent to an activating group) is 1. The molecule has 0 amide bonds. The summed E-state index contributed by atoms with van der Waals surface area (Å²) in [7, 11) is 2.05. The number of anilines is 2. The molecule has 4 aromatic rings. The standard InChI is InChI=1S/C28H26F6N6/c1-39-12-3-13-40(15-14-39)17-24-37-23-16-18(25-22(28(32,33)34)4-2-11-35-25)5-10-21(23)26(38-24)36-20-8-6-19(7-9-20)27(29,30)31/h2,4-11,16H,3,12-15,17H2,1H3,(H,36,37,38). The summed E-state index contributed by atoms with van der Waals surface area (Å²) in [6.45, 7) is 3.87. The summed E-state index contributed by atoms with van der Waals surface area (Å²) in [5, 5.41) is 3.58. The Labute approximate surface area is 226 Å². The van der Waals surface area contributed by atoms with Gasteiger partial charge in [-0.25, -0.2) is 9.97 Å². The number of nitrogens with zero attached hydrogens (tertiary/aromatic N) is 5. The maximum Gasteiger partial charge on any atom is 0.418 e. The van der Waals surface area contributed by atoms with E-state index < -0.39 is 23.5 Å². The van der Waals surface area contributed by atoms with E-state index in [2.05, 4.69) is 37.1 Å². The van der Waals surface area contributed by atoms with Crippen LogP contribution in [0.1, 0.15) is 23.4 Å². The molecule has 0 radical (unpaired) electrons. The molecule has 3 heterocycles. The largest absolute Gasteiger partial charge is 0.418 e. The molecule has 0 spiro atoms. The third kappa shape index (κ3) is 6.34. The lowest BCUT2D eigenvalue weighted by Gasteiger charge is -2.20. The Morgan fingerprint density at radius 2 is 1.62 bits per heavy atom. The van der Waals surface area contributed by atoms with Crippen molar-refractivity contribution < 1.29 is 26.3 Å². The van der Waals surface area contributed by atoms with Crippen LogP contribution in [0.5, 0.6) is 0 Å². The summed E-state index contributed by atoms with van der Waals surface area (Å²) in [5.74, 6) is 0.788. The highest BCUT2D eigenvalue weighted by Crippen LogP contribution is 2.37. The molecule has 210 valence electrons. The van der Waals surface area contributed by atoms with Gasteiger partial charge in [0.15, 0.2) is 0 Å². The molecule has 2 aromatic heterocycles. The van der Waals surface area contributed by atoms with Crippen LogP contribution in [0.2, 0.25) is 0 Å². The molecular formula is C28H26F6N6. The zero-order valence-electron chi connectivity index (χ0n) is 21.5. The lowest BCUT2D eigenvalue weighted by Crippen LogP contribution is -2.29. The number of fused-ring (bicyclic) bond motifs is 1. The van der Waals surface area contributed by atoms with E-state index in [0.29, 0.717) is 34.8 Å². The van der Waals surface area contributed by atoms with Gasteiger partial charge in [0.05, 0.1) is 28.9 Å². The van der Waals surface area contributed by atoms with Crippen molar-refractivity contribution in [3.63, 3.8) is 0 Å². The molecule has 1 fully saturated rings. The smallest absolute Gasteiger partial charge is 0.340 e. The molecule has 1 N–H and O–H groups in total. The zero-order valence-corrected chi connectivity index (χ0v) is 21.5. The van der Waals surface area contributed by atoms with Crippen molar-refractivity contribution >= 4 is 22.4 Å². The number of nitrogens with one attached hydrogen (secondary N) is 1. The van der Waals surface area contributed by atoms with Gasteiger partial charge in [-0.1, -0.05) is 6.07 Å². The topological polar surface area (TPSA) is 57.2 Å². The van der Waals surface area contributed by atoms with E-state index in [1.54, 1.807) is 6.07 Å². The van der Waals surface area contributed by atoms with Crippen molar-refractivity contribution in [1.82, 2.24) is 24.8 Å². The fraction of sp³-hybridized carbons (Fsp3) is 0.321.